The van der Waals surface area contributed by atoms with Crippen LogP contribution in [0.5, 0.6) is 0 Å². The second kappa shape index (κ2) is 4.77. The van der Waals surface area contributed by atoms with Crippen LogP contribution in [0.15, 0.2) is 24.5 Å². The minimum atomic E-state index is 0.229. The molecule has 0 bridgehead atoms. The van der Waals surface area contributed by atoms with Crippen molar-refractivity contribution in [1.82, 2.24) is 9.97 Å². The summed E-state index contributed by atoms with van der Waals surface area (Å²) in [7, 11) is 0. The molecule has 2 rings (SSSR count). The number of aryl methyl sites for hydroxylation is 1. The Hall–Kier alpha value is -1.52. The average Bonchev–Trinajstić information content (AvgIpc) is 2.28. The molecule has 3 N–H and O–H groups in total. The van der Waals surface area contributed by atoms with Gasteiger partial charge in [0.15, 0.2) is 5.82 Å². The fourth-order valence-corrected chi connectivity index (χ4v) is 1.75. The smallest absolute Gasteiger partial charge is 0.154 e. The molecule has 0 aliphatic rings. The van der Waals surface area contributed by atoms with Crippen LogP contribution in [0.1, 0.15) is 5.56 Å². The normalized spacial score (nSPS) is 10.3. The first-order chi connectivity index (χ1) is 8.08. The number of nitrogens with one attached hydrogen (secondary N) is 1. The summed E-state index contributed by atoms with van der Waals surface area (Å²) < 4.78 is 0. The van der Waals surface area contributed by atoms with Gasteiger partial charge in [-0.15, -0.1) is 0 Å². The van der Waals surface area contributed by atoms with E-state index in [0.717, 1.165) is 11.3 Å². The molecule has 0 fully saturated rings. The van der Waals surface area contributed by atoms with E-state index in [-0.39, 0.29) is 10.8 Å². The van der Waals surface area contributed by atoms with Gasteiger partial charge in [-0.3, -0.25) is 0 Å². The first-order valence-electron chi connectivity index (χ1n) is 4.87. The van der Waals surface area contributed by atoms with Gasteiger partial charge < -0.3 is 11.1 Å². The van der Waals surface area contributed by atoms with Crippen LogP contribution in [0, 0.1) is 6.92 Å². The van der Waals surface area contributed by atoms with Crippen molar-refractivity contribution < 1.29 is 0 Å². The predicted octanol–water partition coefficient (Wildman–Crippen LogP) is 3.42. The van der Waals surface area contributed by atoms with Crippen molar-refractivity contribution in [1.29, 1.82) is 0 Å². The second-order valence-electron chi connectivity index (χ2n) is 3.53. The maximum Gasteiger partial charge on any atom is 0.154 e. The highest BCUT2D eigenvalue weighted by molar-refractivity contribution is 6.36. The third-order valence-electron chi connectivity index (χ3n) is 2.19. The van der Waals surface area contributed by atoms with Crippen molar-refractivity contribution in [3.8, 4) is 0 Å². The molecular weight excluding hydrogens is 259 g/mol. The minimum absolute atomic E-state index is 0.229. The van der Waals surface area contributed by atoms with Gasteiger partial charge in [0, 0.05) is 0 Å². The molecule has 6 heteroatoms. The number of nitrogens with two attached hydrogens (primary N) is 1. The molecule has 0 unspecified atom stereocenters. The van der Waals surface area contributed by atoms with Gasteiger partial charge in [0.2, 0.25) is 0 Å². The Balaban J connectivity index is 2.35. The first kappa shape index (κ1) is 12.0. The zero-order valence-corrected chi connectivity index (χ0v) is 10.5. The molecule has 0 atom stereocenters. The van der Waals surface area contributed by atoms with Crippen LogP contribution in [0.4, 0.5) is 17.3 Å². The van der Waals surface area contributed by atoms with E-state index in [0.29, 0.717) is 10.8 Å². The van der Waals surface area contributed by atoms with E-state index >= 15 is 0 Å². The summed E-state index contributed by atoms with van der Waals surface area (Å²) in [5, 5.41) is 3.89. The summed E-state index contributed by atoms with van der Waals surface area (Å²) in [6.45, 7) is 1.96. The maximum atomic E-state index is 6.09. The van der Waals surface area contributed by atoms with E-state index in [9.17, 15) is 0 Å². The van der Waals surface area contributed by atoms with E-state index in [4.69, 9.17) is 28.9 Å². The Morgan fingerprint density at radius 1 is 1.24 bits per heavy atom. The van der Waals surface area contributed by atoms with Gasteiger partial charge in [0.05, 0.1) is 10.7 Å². The third-order valence-corrected chi connectivity index (χ3v) is 2.88. The van der Waals surface area contributed by atoms with Gasteiger partial charge in [-0.25, -0.2) is 9.97 Å². The first-order valence-corrected chi connectivity index (χ1v) is 5.62. The fourth-order valence-electron chi connectivity index (χ4n) is 1.32. The van der Waals surface area contributed by atoms with E-state index < -0.39 is 0 Å². The number of anilines is 3. The number of benzene rings is 1. The molecule has 1 aromatic carbocycles. The van der Waals surface area contributed by atoms with Crippen molar-refractivity contribution in [2.75, 3.05) is 11.1 Å². The standard InChI is InChI=1S/C11H10Cl2N4/c1-6-2-3-8(7(12)4-6)17-11-9(13)10(14)15-5-16-11/h2-5H,1H3,(H3,14,15,16,17). The minimum Gasteiger partial charge on any atom is -0.382 e. The summed E-state index contributed by atoms with van der Waals surface area (Å²) >= 11 is 12.1. The molecular formula is C11H10Cl2N4. The largest absolute Gasteiger partial charge is 0.382 e. The highest BCUT2D eigenvalue weighted by Gasteiger charge is 2.08. The number of halogens is 2. The molecule has 4 nitrogen and oxygen atoms in total. The number of aromatic nitrogens is 2. The zero-order chi connectivity index (χ0) is 12.4. The highest BCUT2D eigenvalue weighted by atomic mass is 35.5. The number of nitrogen functional groups attached to an aromatic ring is 1. The molecule has 2 aromatic rings. The fraction of sp³-hybridized carbons (Fsp3) is 0.0909. The Morgan fingerprint density at radius 3 is 2.71 bits per heavy atom. The summed E-state index contributed by atoms with van der Waals surface area (Å²) in [6, 6.07) is 5.64. The predicted molar refractivity (Wildman–Crippen MR) is 70.9 cm³/mol. The van der Waals surface area contributed by atoms with Crippen LogP contribution in [0.25, 0.3) is 0 Å². The van der Waals surface area contributed by atoms with Crippen LogP contribution in [-0.4, -0.2) is 9.97 Å². The molecule has 0 saturated carbocycles. The van der Waals surface area contributed by atoms with Gasteiger partial charge in [0.1, 0.15) is 17.2 Å². The lowest BCUT2D eigenvalue weighted by Crippen LogP contribution is -2.00. The molecule has 1 aromatic heterocycles. The Morgan fingerprint density at radius 2 is 2.00 bits per heavy atom. The van der Waals surface area contributed by atoms with Crippen molar-refractivity contribution in [2.45, 2.75) is 6.92 Å². The van der Waals surface area contributed by atoms with Crippen LogP contribution in [-0.2, 0) is 0 Å². The lowest BCUT2D eigenvalue weighted by molar-refractivity contribution is 1.18. The molecule has 0 saturated heterocycles. The Bertz CT molecular complexity index is 557. The molecule has 0 aliphatic carbocycles. The molecule has 0 aliphatic heterocycles. The van der Waals surface area contributed by atoms with Crippen molar-refractivity contribution in [2.24, 2.45) is 0 Å². The Kier molecular flexibility index (Phi) is 3.36. The average molecular weight is 269 g/mol. The van der Waals surface area contributed by atoms with E-state index in [1.165, 1.54) is 6.33 Å². The monoisotopic (exact) mass is 268 g/mol. The van der Waals surface area contributed by atoms with Crippen LogP contribution in [0.3, 0.4) is 0 Å². The van der Waals surface area contributed by atoms with E-state index in [1.807, 2.05) is 25.1 Å². The number of rotatable bonds is 2. The van der Waals surface area contributed by atoms with Gasteiger partial charge in [0.25, 0.3) is 0 Å². The number of nitrogens with zero attached hydrogens (tertiary/aromatic N) is 2. The van der Waals surface area contributed by atoms with Gasteiger partial charge >= 0.3 is 0 Å². The summed E-state index contributed by atoms with van der Waals surface area (Å²) in [5.41, 5.74) is 7.38. The topological polar surface area (TPSA) is 63.8 Å². The van der Waals surface area contributed by atoms with Crippen molar-refractivity contribution in [3.05, 3.63) is 40.1 Å². The zero-order valence-electron chi connectivity index (χ0n) is 9.04. The van der Waals surface area contributed by atoms with Gasteiger partial charge in [-0.05, 0) is 24.6 Å². The van der Waals surface area contributed by atoms with Crippen LogP contribution >= 0.6 is 23.2 Å². The summed E-state index contributed by atoms with van der Waals surface area (Å²) in [6.07, 6.45) is 1.34. The number of hydrogen-bond donors (Lipinski definition) is 2. The van der Waals surface area contributed by atoms with Crippen molar-refractivity contribution >= 4 is 40.5 Å². The molecule has 1 heterocycles. The second-order valence-corrected chi connectivity index (χ2v) is 4.31. The summed E-state index contributed by atoms with van der Waals surface area (Å²) in [5.74, 6) is 0.664. The Labute approximate surface area is 109 Å². The molecule has 0 radical (unpaired) electrons. The van der Waals surface area contributed by atoms with Gasteiger partial charge in [-0.1, -0.05) is 29.3 Å². The molecule has 88 valence electrons. The molecule has 17 heavy (non-hydrogen) atoms. The summed E-state index contributed by atoms with van der Waals surface area (Å²) in [4.78, 5) is 7.78. The lowest BCUT2D eigenvalue weighted by Gasteiger charge is -2.10. The third kappa shape index (κ3) is 2.60. The van der Waals surface area contributed by atoms with E-state index in [2.05, 4.69) is 15.3 Å². The van der Waals surface area contributed by atoms with Crippen molar-refractivity contribution in [3.63, 3.8) is 0 Å². The van der Waals surface area contributed by atoms with Gasteiger partial charge in [-0.2, -0.15) is 0 Å². The molecule has 0 amide bonds. The van der Waals surface area contributed by atoms with E-state index in [1.54, 1.807) is 0 Å². The lowest BCUT2D eigenvalue weighted by atomic mass is 10.2. The number of hydrogen-bond acceptors (Lipinski definition) is 4. The highest BCUT2D eigenvalue weighted by Crippen LogP contribution is 2.30. The SMILES string of the molecule is Cc1ccc(Nc2ncnc(N)c2Cl)c(Cl)c1. The molecule has 0 spiro atoms. The van der Waals surface area contributed by atoms with Crippen LogP contribution in [0.2, 0.25) is 10.0 Å². The van der Waals surface area contributed by atoms with Crippen LogP contribution < -0.4 is 11.1 Å². The maximum absolute atomic E-state index is 6.09. The quantitative estimate of drug-likeness (QED) is 0.876.